The highest BCUT2D eigenvalue weighted by molar-refractivity contribution is 5.78. The van der Waals surface area contributed by atoms with Crippen molar-refractivity contribution in [3.05, 3.63) is 40.4 Å². The van der Waals surface area contributed by atoms with Gasteiger partial charge in [-0.1, -0.05) is 12.1 Å². The van der Waals surface area contributed by atoms with Crippen LogP contribution in [0.5, 0.6) is 0 Å². The Labute approximate surface area is 147 Å². The summed E-state index contributed by atoms with van der Waals surface area (Å²) in [5.74, 6) is 0.504. The number of urea groups is 1. The number of methoxy groups -OCH3 is 1. The average molecular weight is 346 g/mol. The van der Waals surface area contributed by atoms with Crippen LogP contribution in [0.25, 0.3) is 10.9 Å². The number of hydrogen-bond acceptors (Lipinski definition) is 4. The van der Waals surface area contributed by atoms with Crippen molar-refractivity contribution in [2.75, 3.05) is 13.7 Å². The third kappa shape index (κ3) is 4.79. The highest BCUT2D eigenvalue weighted by Crippen LogP contribution is 2.14. The first-order valence-electron chi connectivity index (χ1n) is 8.30. The van der Waals surface area contributed by atoms with Crippen LogP contribution in [0.15, 0.2) is 29.1 Å². The van der Waals surface area contributed by atoms with Gasteiger partial charge in [0.1, 0.15) is 5.82 Å². The minimum Gasteiger partial charge on any atom is -0.383 e. The molecule has 2 rings (SSSR count). The highest BCUT2D eigenvalue weighted by atomic mass is 16.5. The molecule has 1 atom stereocenters. The molecule has 7 heteroatoms. The van der Waals surface area contributed by atoms with E-state index in [1.165, 1.54) is 0 Å². The summed E-state index contributed by atoms with van der Waals surface area (Å²) in [5, 5.41) is 6.24. The molecule has 0 aliphatic carbocycles. The molecule has 1 aromatic carbocycles. The van der Waals surface area contributed by atoms with Gasteiger partial charge < -0.3 is 15.4 Å². The Morgan fingerprint density at radius 2 is 2.00 bits per heavy atom. The second-order valence-electron chi connectivity index (χ2n) is 7.01. The van der Waals surface area contributed by atoms with E-state index in [0.29, 0.717) is 29.9 Å². The molecule has 0 aliphatic rings. The highest BCUT2D eigenvalue weighted by Gasteiger charge is 2.20. The first-order chi connectivity index (χ1) is 11.7. The maximum atomic E-state index is 12.8. The molecule has 25 heavy (non-hydrogen) atoms. The number of carbonyl (C=O) groups is 1. The number of carbonyl (C=O) groups excluding carboxylic acids is 1. The Kier molecular flexibility index (Phi) is 5.79. The molecule has 0 aliphatic heterocycles. The SMILES string of the molecule is COCCn1c([C@@H](C)NC(=O)NC(C)(C)C)nc2ccccc2c1=O. The number of rotatable bonds is 5. The smallest absolute Gasteiger partial charge is 0.315 e. The molecule has 2 amide bonds. The molecule has 0 unspecified atom stereocenters. The Hall–Kier alpha value is -2.41. The number of aromatic nitrogens is 2. The monoisotopic (exact) mass is 346 g/mol. The van der Waals surface area contributed by atoms with Crippen molar-refractivity contribution in [2.45, 2.75) is 45.8 Å². The van der Waals surface area contributed by atoms with Crippen LogP contribution in [0, 0.1) is 0 Å². The van der Waals surface area contributed by atoms with Crippen molar-refractivity contribution in [3.8, 4) is 0 Å². The number of nitrogens with one attached hydrogen (secondary N) is 2. The number of fused-ring (bicyclic) bond motifs is 1. The Morgan fingerprint density at radius 1 is 1.32 bits per heavy atom. The van der Waals surface area contributed by atoms with Crippen LogP contribution in [0.2, 0.25) is 0 Å². The summed E-state index contributed by atoms with van der Waals surface area (Å²) >= 11 is 0. The van der Waals surface area contributed by atoms with Crippen molar-refractivity contribution in [2.24, 2.45) is 0 Å². The molecule has 0 saturated carbocycles. The van der Waals surface area contributed by atoms with Crippen LogP contribution in [0.3, 0.4) is 0 Å². The fraction of sp³-hybridized carbons (Fsp3) is 0.500. The number of benzene rings is 1. The third-order valence-electron chi connectivity index (χ3n) is 3.63. The maximum Gasteiger partial charge on any atom is 0.315 e. The van der Waals surface area contributed by atoms with E-state index in [1.807, 2.05) is 39.8 Å². The largest absolute Gasteiger partial charge is 0.383 e. The van der Waals surface area contributed by atoms with Crippen molar-refractivity contribution < 1.29 is 9.53 Å². The second kappa shape index (κ2) is 7.65. The predicted molar refractivity (Wildman–Crippen MR) is 97.7 cm³/mol. The van der Waals surface area contributed by atoms with Gasteiger partial charge in [-0.05, 0) is 39.8 Å². The molecule has 0 saturated heterocycles. The number of hydrogen-bond donors (Lipinski definition) is 2. The summed E-state index contributed by atoms with van der Waals surface area (Å²) in [7, 11) is 1.58. The van der Waals surface area contributed by atoms with E-state index >= 15 is 0 Å². The van der Waals surface area contributed by atoms with Gasteiger partial charge in [-0.2, -0.15) is 0 Å². The molecule has 7 nitrogen and oxygen atoms in total. The van der Waals surface area contributed by atoms with E-state index in [2.05, 4.69) is 15.6 Å². The zero-order valence-corrected chi connectivity index (χ0v) is 15.4. The molecular weight excluding hydrogens is 320 g/mol. The van der Waals surface area contributed by atoms with Crippen molar-refractivity contribution in [1.82, 2.24) is 20.2 Å². The summed E-state index contributed by atoms with van der Waals surface area (Å²) in [5.41, 5.74) is 0.125. The fourth-order valence-corrected chi connectivity index (χ4v) is 2.55. The molecule has 1 heterocycles. The zero-order chi connectivity index (χ0) is 18.6. The summed E-state index contributed by atoms with van der Waals surface area (Å²) < 4.78 is 6.67. The predicted octanol–water partition coefficient (Wildman–Crippen LogP) is 2.20. The summed E-state index contributed by atoms with van der Waals surface area (Å²) in [6, 6.07) is 6.45. The topological polar surface area (TPSA) is 85.2 Å². The van der Waals surface area contributed by atoms with Gasteiger partial charge in [-0.25, -0.2) is 9.78 Å². The average Bonchev–Trinajstić information content (AvgIpc) is 2.52. The standard InChI is InChI=1S/C18H26N4O3/c1-12(19-17(24)21-18(2,3)4)15-20-14-9-7-6-8-13(14)16(23)22(15)10-11-25-5/h6-9,12H,10-11H2,1-5H3,(H2,19,21,24)/t12-/m1/s1. The normalized spacial score (nSPS) is 12.8. The molecular formula is C18H26N4O3. The lowest BCUT2D eigenvalue weighted by molar-refractivity contribution is 0.184. The summed E-state index contributed by atoms with van der Waals surface area (Å²) in [6.07, 6.45) is 0. The third-order valence-corrected chi connectivity index (χ3v) is 3.63. The summed E-state index contributed by atoms with van der Waals surface area (Å²) in [6.45, 7) is 8.27. The van der Waals surface area contributed by atoms with Gasteiger partial charge in [-0.15, -0.1) is 0 Å². The molecule has 136 valence electrons. The minimum absolute atomic E-state index is 0.137. The van der Waals surface area contributed by atoms with E-state index < -0.39 is 6.04 Å². The number of amides is 2. The van der Waals surface area contributed by atoms with E-state index in [1.54, 1.807) is 23.8 Å². The van der Waals surface area contributed by atoms with Crippen molar-refractivity contribution >= 4 is 16.9 Å². The van der Waals surface area contributed by atoms with Crippen molar-refractivity contribution in [1.29, 1.82) is 0 Å². The van der Waals surface area contributed by atoms with E-state index in [-0.39, 0.29) is 17.1 Å². The minimum atomic E-state index is -0.434. The van der Waals surface area contributed by atoms with Gasteiger partial charge in [0, 0.05) is 12.6 Å². The van der Waals surface area contributed by atoms with Gasteiger partial charge in [0.15, 0.2) is 0 Å². The first kappa shape index (κ1) is 18.9. The van der Waals surface area contributed by atoms with Crippen molar-refractivity contribution in [3.63, 3.8) is 0 Å². The lowest BCUT2D eigenvalue weighted by Gasteiger charge is -2.24. The van der Waals surface area contributed by atoms with Crippen LogP contribution < -0.4 is 16.2 Å². The molecule has 2 N–H and O–H groups in total. The van der Waals surface area contributed by atoms with E-state index in [0.717, 1.165) is 0 Å². The molecule has 0 radical (unpaired) electrons. The Morgan fingerprint density at radius 3 is 2.64 bits per heavy atom. The number of ether oxygens (including phenoxy) is 1. The quantitative estimate of drug-likeness (QED) is 0.869. The molecule has 0 spiro atoms. The number of nitrogens with zero attached hydrogens (tertiary/aromatic N) is 2. The number of para-hydroxylation sites is 1. The molecule has 1 aromatic heterocycles. The second-order valence-corrected chi connectivity index (χ2v) is 7.01. The van der Waals surface area contributed by atoms with Gasteiger partial charge in [-0.3, -0.25) is 9.36 Å². The van der Waals surface area contributed by atoms with Gasteiger partial charge >= 0.3 is 6.03 Å². The van der Waals surface area contributed by atoms with Crippen LogP contribution in [0.4, 0.5) is 4.79 Å². The first-order valence-corrected chi connectivity index (χ1v) is 8.30. The summed E-state index contributed by atoms with van der Waals surface area (Å²) in [4.78, 5) is 29.6. The van der Waals surface area contributed by atoms with E-state index in [4.69, 9.17) is 4.74 Å². The van der Waals surface area contributed by atoms with Crippen LogP contribution >= 0.6 is 0 Å². The van der Waals surface area contributed by atoms with Crippen LogP contribution in [-0.2, 0) is 11.3 Å². The zero-order valence-electron chi connectivity index (χ0n) is 15.4. The lowest BCUT2D eigenvalue weighted by atomic mass is 10.1. The maximum absolute atomic E-state index is 12.8. The molecule has 2 aromatic rings. The fourth-order valence-electron chi connectivity index (χ4n) is 2.55. The molecule has 0 fully saturated rings. The Bertz CT molecular complexity index is 808. The molecule has 0 bridgehead atoms. The van der Waals surface area contributed by atoms with Gasteiger partial charge in [0.2, 0.25) is 0 Å². The lowest BCUT2D eigenvalue weighted by Crippen LogP contribution is -2.47. The van der Waals surface area contributed by atoms with E-state index in [9.17, 15) is 9.59 Å². The van der Waals surface area contributed by atoms with Gasteiger partial charge in [0.05, 0.1) is 30.1 Å². The van der Waals surface area contributed by atoms with Crippen LogP contribution in [0.1, 0.15) is 39.6 Å². The van der Waals surface area contributed by atoms with Crippen LogP contribution in [-0.4, -0.2) is 34.8 Å². The Balaban J connectivity index is 2.40. The van der Waals surface area contributed by atoms with Gasteiger partial charge in [0.25, 0.3) is 5.56 Å².